The first-order valence-electron chi connectivity index (χ1n) is 7.58. The molecule has 1 N–H and O–H groups in total. The molecule has 130 valence electrons. The highest BCUT2D eigenvalue weighted by atomic mass is 32.1. The lowest BCUT2D eigenvalue weighted by Crippen LogP contribution is -2.38. The van der Waals surface area contributed by atoms with Crippen LogP contribution in [0.15, 0.2) is 33.9 Å². The zero-order valence-electron chi connectivity index (χ0n) is 14.2. The molecule has 0 saturated heterocycles. The van der Waals surface area contributed by atoms with E-state index in [4.69, 9.17) is 0 Å². The van der Waals surface area contributed by atoms with Gasteiger partial charge < -0.3 is 9.67 Å². The first kappa shape index (κ1) is 17.1. The number of carbonyl (C=O) groups is 1. The zero-order chi connectivity index (χ0) is 18.5. The van der Waals surface area contributed by atoms with Crippen LogP contribution in [0.5, 0.6) is 0 Å². The topological polar surface area (TPSA) is 94.2 Å². The number of aryl methyl sites for hydroxylation is 1. The van der Waals surface area contributed by atoms with Gasteiger partial charge in [0, 0.05) is 24.2 Å². The Kier molecular flexibility index (Phi) is 3.87. The van der Waals surface area contributed by atoms with E-state index in [0.29, 0.717) is 22.5 Å². The average molecular weight is 359 g/mol. The molecule has 1 aromatic carbocycles. The summed E-state index contributed by atoms with van der Waals surface area (Å²) in [6.45, 7) is 4.84. The summed E-state index contributed by atoms with van der Waals surface area (Å²) >= 11 is 1.19. The predicted molar refractivity (Wildman–Crippen MR) is 95.9 cm³/mol. The van der Waals surface area contributed by atoms with Gasteiger partial charge in [-0.05, 0) is 50.5 Å². The Morgan fingerprint density at radius 2 is 1.92 bits per heavy atom. The molecule has 0 amide bonds. The van der Waals surface area contributed by atoms with Crippen LogP contribution >= 0.6 is 11.5 Å². The normalized spacial score (nSPS) is 11.8. The fraction of sp³-hybridized carbons (Fsp3) is 0.294. The van der Waals surface area contributed by atoms with Crippen molar-refractivity contribution in [2.24, 2.45) is 7.05 Å². The molecule has 0 radical (unpaired) electrons. The molecule has 0 unspecified atom stereocenters. The maximum absolute atomic E-state index is 12.5. The second-order valence-electron chi connectivity index (χ2n) is 6.44. The molecule has 2 heterocycles. The van der Waals surface area contributed by atoms with Gasteiger partial charge in [0.15, 0.2) is 0 Å². The standard InChI is InChI=1S/C17H17N3O4S/c1-9-7-13(21)20(16(24)19(9)4)10-5-6-12-11(8-10)14(18-25-12)17(2,3)15(22)23/h5-8H,1-4H3,(H,22,23). The molecular weight excluding hydrogens is 342 g/mol. The van der Waals surface area contributed by atoms with E-state index < -0.39 is 22.6 Å². The number of hydrogen-bond acceptors (Lipinski definition) is 5. The van der Waals surface area contributed by atoms with Crippen molar-refractivity contribution in [1.29, 1.82) is 0 Å². The van der Waals surface area contributed by atoms with Crippen LogP contribution in [0.2, 0.25) is 0 Å². The van der Waals surface area contributed by atoms with E-state index in [9.17, 15) is 19.5 Å². The smallest absolute Gasteiger partial charge is 0.335 e. The Morgan fingerprint density at radius 1 is 1.24 bits per heavy atom. The molecule has 3 aromatic rings. The van der Waals surface area contributed by atoms with Crippen LogP contribution in [-0.2, 0) is 17.3 Å². The Bertz CT molecular complexity index is 1120. The molecule has 0 spiro atoms. The summed E-state index contributed by atoms with van der Waals surface area (Å²) in [7, 11) is 1.59. The number of nitrogens with zero attached hydrogens (tertiary/aromatic N) is 3. The van der Waals surface area contributed by atoms with Crippen molar-refractivity contribution in [3.8, 4) is 5.69 Å². The van der Waals surface area contributed by atoms with E-state index in [1.807, 2.05) is 0 Å². The Labute approximate surface area is 146 Å². The van der Waals surface area contributed by atoms with Gasteiger partial charge in [-0.15, -0.1) is 0 Å². The molecule has 0 aliphatic heterocycles. The number of fused-ring (bicyclic) bond motifs is 1. The van der Waals surface area contributed by atoms with Crippen LogP contribution in [-0.4, -0.2) is 24.6 Å². The summed E-state index contributed by atoms with van der Waals surface area (Å²) in [4.78, 5) is 36.4. The van der Waals surface area contributed by atoms with Gasteiger partial charge >= 0.3 is 11.7 Å². The van der Waals surface area contributed by atoms with Crippen molar-refractivity contribution in [3.63, 3.8) is 0 Å². The zero-order valence-corrected chi connectivity index (χ0v) is 15.0. The molecular formula is C17H17N3O4S. The third-order valence-corrected chi connectivity index (χ3v) is 5.22. The van der Waals surface area contributed by atoms with Gasteiger partial charge in [0.1, 0.15) is 5.41 Å². The lowest BCUT2D eigenvalue weighted by molar-refractivity contribution is -0.142. The Morgan fingerprint density at radius 3 is 2.56 bits per heavy atom. The molecule has 3 rings (SSSR count). The maximum atomic E-state index is 12.5. The van der Waals surface area contributed by atoms with Crippen molar-refractivity contribution in [1.82, 2.24) is 13.5 Å². The summed E-state index contributed by atoms with van der Waals surface area (Å²) in [5.41, 5.74) is -0.689. The van der Waals surface area contributed by atoms with E-state index in [-0.39, 0.29) is 0 Å². The number of carboxylic acids is 1. The van der Waals surface area contributed by atoms with Crippen molar-refractivity contribution >= 4 is 27.6 Å². The Hall–Kier alpha value is -2.74. The largest absolute Gasteiger partial charge is 0.481 e. The second kappa shape index (κ2) is 5.66. The highest BCUT2D eigenvalue weighted by molar-refractivity contribution is 7.13. The molecule has 0 aliphatic carbocycles. The maximum Gasteiger partial charge on any atom is 0.335 e. The summed E-state index contributed by atoms with van der Waals surface area (Å²) in [5, 5.41) is 10.1. The SMILES string of the molecule is Cc1cc(=O)n(-c2ccc3snc(C(C)(C)C(=O)O)c3c2)c(=O)n1C. The first-order valence-corrected chi connectivity index (χ1v) is 8.35. The fourth-order valence-electron chi connectivity index (χ4n) is 2.59. The lowest BCUT2D eigenvalue weighted by Gasteiger charge is -2.17. The third kappa shape index (κ3) is 2.58. The van der Waals surface area contributed by atoms with Gasteiger partial charge in [-0.25, -0.2) is 9.36 Å². The Balaban J connectivity index is 2.32. The molecule has 7 nitrogen and oxygen atoms in total. The number of aromatic nitrogens is 3. The molecule has 0 saturated carbocycles. The summed E-state index contributed by atoms with van der Waals surface area (Å²) in [6, 6.07) is 6.45. The van der Waals surface area contributed by atoms with Crippen LogP contribution in [0.1, 0.15) is 25.2 Å². The molecule has 0 bridgehead atoms. The number of rotatable bonds is 3. The minimum atomic E-state index is -1.18. The fourth-order valence-corrected chi connectivity index (χ4v) is 3.49. The summed E-state index contributed by atoms with van der Waals surface area (Å²) < 4.78 is 7.55. The van der Waals surface area contributed by atoms with Crippen LogP contribution < -0.4 is 11.2 Å². The van der Waals surface area contributed by atoms with E-state index in [1.165, 1.54) is 22.2 Å². The van der Waals surface area contributed by atoms with Gasteiger partial charge in [0.2, 0.25) is 0 Å². The lowest BCUT2D eigenvalue weighted by atomic mass is 9.87. The quantitative estimate of drug-likeness (QED) is 0.770. The highest BCUT2D eigenvalue weighted by Crippen LogP contribution is 2.33. The van der Waals surface area contributed by atoms with Crippen LogP contribution in [0, 0.1) is 6.92 Å². The summed E-state index contributed by atoms with van der Waals surface area (Å²) in [5.74, 6) is -0.992. The second-order valence-corrected chi connectivity index (χ2v) is 7.25. The predicted octanol–water partition coefficient (Wildman–Crippen LogP) is 1.82. The summed E-state index contributed by atoms with van der Waals surface area (Å²) in [6.07, 6.45) is 0. The molecule has 0 fully saturated rings. The van der Waals surface area contributed by atoms with Gasteiger partial charge in [-0.1, -0.05) is 0 Å². The van der Waals surface area contributed by atoms with Crippen LogP contribution in [0.25, 0.3) is 15.8 Å². The van der Waals surface area contributed by atoms with Gasteiger partial charge in [0.25, 0.3) is 5.56 Å². The van der Waals surface area contributed by atoms with Crippen molar-refractivity contribution in [3.05, 3.63) is 56.5 Å². The molecule has 0 atom stereocenters. The number of hydrogen-bond donors (Lipinski definition) is 1. The van der Waals surface area contributed by atoms with Crippen LogP contribution in [0.3, 0.4) is 0 Å². The highest BCUT2D eigenvalue weighted by Gasteiger charge is 2.34. The van der Waals surface area contributed by atoms with Gasteiger partial charge in [-0.3, -0.25) is 9.59 Å². The van der Waals surface area contributed by atoms with Crippen molar-refractivity contribution in [2.45, 2.75) is 26.2 Å². The van der Waals surface area contributed by atoms with E-state index >= 15 is 0 Å². The van der Waals surface area contributed by atoms with Gasteiger partial charge in [0.05, 0.1) is 16.1 Å². The third-order valence-electron chi connectivity index (χ3n) is 4.40. The van der Waals surface area contributed by atoms with Gasteiger partial charge in [-0.2, -0.15) is 4.37 Å². The van der Waals surface area contributed by atoms with E-state index in [2.05, 4.69) is 4.37 Å². The van der Waals surface area contributed by atoms with Crippen molar-refractivity contribution in [2.75, 3.05) is 0 Å². The number of benzene rings is 1. The number of aliphatic carboxylic acids is 1. The first-order chi connectivity index (χ1) is 11.6. The molecule has 8 heteroatoms. The minimum Gasteiger partial charge on any atom is -0.481 e. The van der Waals surface area contributed by atoms with Crippen LogP contribution in [0.4, 0.5) is 0 Å². The molecule has 25 heavy (non-hydrogen) atoms. The monoisotopic (exact) mass is 359 g/mol. The van der Waals surface area contributed by atoms with E-state index in [0.717, 1.165) is 9.27 Å². The van der Waals surface area contributed by atoms with Crippen molar-refractivity contribution < 1.29 is 9.90 Å². The average Bonchev–Trinajstić information content (AvgIpc) is 2.96. The minimum absolute atomic E-state index is 0.390. The molecule has 0 aliphatic rings. The molecule has 2 aromatic heterocycles. The number of carboxylic acid groups (broad SMARTS) is 1. The van der Waals surface area contributed by atoms with E-state index in [1.54, 1.807) is 46.0 Å².